The summed E-state index contributed by atoms with van der Waals surface area (Å²) in [5, 5.41) is 0. The van der Waals surface area contributed by atoms with Gasteiger partial charge in [0.15, 0.2) is 0 Å². The summed E-state index contributed by atoms with van der Waals surface area (Å²) >= 11 is 0. The second-order valence-corrected chi connectivity index (χ2v) is 5.11. The first-order chi connectivity index (χ1) is 9.72. The van der Waals surface area contributed by atoms with E-state index in [0.717, 1.165) is 17.7 Å². The summed E-state index contributed by atoms with van der Waals surface area (Å²) < 4.78 is 0. The number of carbonyl (C=O) groups excluding carboxylic acids is 1. The molecule has 1 saturated heterocycles. The number of benzene rings is 2. The van der Waals surface area contributed by atoms with Crippen LogP contribution in [0.25, 0.3) is 0 Å². The molecule has 102 valence electrons. The highest BCUT2D eigenvalue weighted by Crippen LogP contribution is 2.37. The zero-order valence-corrected chi connectivity index (χ0v) is 11.5. The van der Waals surface area contributed by atoms with Crippen molar-refractivity contribution in [1.82, 2.24) is 0 Å². The molecule has 0 saturated carbocycles. The van der Waals surface area contributed by atoms with Crippen LogP contribution in [0.15, 0.2) is 54.6 Å². The van der Waals surface area contributed by atoms with E-state index in [0.29, 0.717) is 0 Å². The Balaban J connectivity index is 1.92. The number of β-lactam (4-membered cyclic amide) rings is 1. The molecule has 3 rings (SSSR count). The van der Waals surface area contributed by atoms with Crippen LogP contribution in [0.2, 0.25) is 0 Å². The first-order valence-corrected chi connectivity index (χ1v) is 6.95. The Morgan fingerprint density at radius 3 is 2.30 bits per heavy atom. The van der Waals surface area contributed by atoms with E-state index in [-0.39, 0.29) is 11.9 Å². The molecule has 2 N–H and O–H groups in total. The summed E-state index contributed by atoms with van der Waals surface area (Å²) in [7, 11) is 0. The van der Waals surface area contributed by atoms with Crippen molar-refractivity contribution < 1.29 is 4.79 Å². The zero-order chi connectivity index (χ0) is 14.1. The molecule has 3 nitrogen and oxygen atoms in total. The van der Waals surface area contributed by atoms with Gasteiger partial charge in [-0.05, 0) is 29.7 Å². The largest absolute Gasteiger partial charge is 0.318 e. The molecule has 2 unspecified atom stereocenters. The van der Waals surface area contributed by atoms with Crippen molar-refractivity contribution in [2.45, 2.75) is 25.4 Å². The van der Waals surface area contributed by atoms with Gasteiger partial charge in [0.1, 0.15) is 6.04 Å². The predicted molar refractivity (Wildman–Crippen MR) is 80.5 cm³/mol. The average molecular weight is 266 g/mol. The molecule has 2 aromatic carbocycles. The third-order valence-corrected chi connectivity index (χ3v) is 3.90. The Labute approximate surface area is 119 Å². The fraction of sp³-hybridized carbons (Fsp3) is 0.235. The summed E-state index contributed by atoms with van der Waals surface area (Å²) in [6, 6.07) is 17.6. The summed E-state index contributed by atoms with van der Waals surface area (Å²) in [5.41, 5.74) is 9.26. The van der Waals surface area contributed by atoms with Gasteiger partial charge < -0.3 is 10.6 Å². The predicted octanol–water partition coefficient (Wildman–Crippen LogP) is 2.66. The smallest absolute Gasteiger partial charge is 0.247 e. The molecule has 0 bridgehead atoms. The quantitative estimate of drug-likeness (QED) is 0.868. The molecule has 20 heavy (non-hydrogen) atoms. The van der Waals surface area contributed by atoms with Crippen molar-refractivity contribution in [3.63, 3.8) is 0 Å². The van der Waals surface area contributed by atoms with Crippen LogP contribution in [-0.4, -0.2) is 11.9 Å². The van der Waals surface area contributed by atoms with Crippen molar-refractivity contribution in [3.8, 4) is 0 Å². The van der Waals surface area contributed by atoms with E-state index in [9.17, 15) is 4.79 Å². The molecule has 0 spiro atoms. The van der Waals surface area contributed by atoms with Crippen molar-refractivity contribution in [2.75, 3.05) is 4.90 Å². The van der Waals surface area contributed by atoms with Gasteiger partial charge >= 0.3 is 0 Å². The van der Waals surface area contributed by atoms with E-state index in [1.165, 1.54) is 5.56 Å². The Hall–Kier alpha value is -2.13. The SMILES string of the molecule is CCc1ccc(N2C(=O)C(N)C2c2ccccc2)cc1. The van der Waals surface area contributed by atoms with Crippen LogP contribution < -0.4 is 10.6 Å². The van der Waals surface area contributed by atoms with Crippen molar-refractivity contribution in [3.05, 3.63) is 65.7 Å². The molecule has 3 heteroatoms. The Bertz CT molecular complexity index is 607. The summed E-state index contributed by atoms with van der Waals surface area (Å²) in [4.78, 5) is 13.9. The second kappa shape index (κ2) is 5.10. The Morgan fingerprint density at radius 1 is 1.05 bits per heavy atom. The maximum Gasteiger partial charge on any atom is 0.247 e. The topological polar surface area (TPSA) is 46.3 Å². The molecule has 1 amide bonds. The Morgan fingerprint density at radius 2 is 1.70 bits per heavy atom. The second-order valence-electron chi connectivity index (χ2n) is 5.11. The van der Waals surface area contributed by atoms with Gasteiger partial charge in [0, 0.05) is 5.69 Å². The maximum atomic E-state index is 12.1. The molecule has 2 atom stereocenters. The number of anilines is 1. The summed E-state index contributed by atoms with van der Waals surface area (Å²) in [6.45, 7) is 2.12. The van der Waals surface area contributed by atoms with Gasteiger partial charge in [-0.3, -0.25) is 4.79 Å². The average Bonchev–Trinajstić information content (AvgIpc) is 2.52. The summed E-state index contributed by atoms with van der Waals surface area (Å²) in [5.74, 6) is -0.0110. The van der Waals surface area contributed by atoms with E-state index in [2.05, 4.69) is 19.1 Å². The fourth-order valence-corrected chi connectivity index (χ4v) is 2.70. The lowest BCUT2D eigenvalue weighted by Gasteiger charge is -2.45. The number of hydrogen-bond donors (Lipinski definition) is 1. The molecule has 0 aromatic heterocycles. The van der Waals surface area contributed by atoms with Crippen LogP contribution in [0.4, 0.5) is 5.69 Å². The van der Waals surface area contributed by atoms with Gasteiger partial charge in [0.2, 0.25) is 5.91 Å². The van der Waals surface area contributed by atoms with E-state index in [4.69, 9.17) is 5.73 Å². The standard InChI is InChI=1S/C17H18N2O/c1-2-12-8-10-14(11-9-12)19-16(15(18)17(19)20)13-6-4-3-5-7-13/h3-11,15-16H,2,18H2,1H3. The number of amides is 1. The van der Waals surface area contributed by atoms with Gasteiger partial charge in [0.25, 0.3) is 0 Å². The lowest BCUT2D eigenvalue weighted by Crippen LogP contribution is -2.63. The molecule has 0 radical (unpaired) electrons. The molecule has 1 fully saturated rings. The Kier molecular flexibility index (Phi) is 3.28. The van der Waals surface area contributed by atoms with Gasteiger partial charge in [0.05, 0.1) is 6.04 Å². The highest BCUT2D eigenvalue weighted by atomic mass is 16.2. The minimum absolute atomic E-state index is 0.0110. The molecular formula is C17H18N2O. The maximum absolute atomic E-state index is 12.1. The monoisotopic (exact) mass is 266 g/mol. The molecule has 1 heterocycles. The van der Waals surface area contributed by atoms with E-state index in [1.54, 1.807) is 4.90 Å². The van der Waals surface area contributed by atoms with E-state index in [1.807, 2.05) is 42.5 Å². The minimum atomic E-state index is -0.441. The number of rotatable bonds is 3. The van der Waals surface area contributed by atoms with E-state index >= 15 is 0 Å². The molecule has 0 aliphatic carbocycles. The van der Waals surface area contributed by atoms with Gasteiger partial charge in [-0.15, -0.1) is 0 Å². The van der Waals surface area contributed by atoms with Crippen LogP contribution in [-0.2, 0) is 11.2 Å². The highest BCUT2D eigenvalue weighted by Gasteiger charge is 2.46. The third kappa shape index (κ3) is 2.00. The normalized spacial score (nSPS) is 21.7. The zero-order valence-electron chi connectivity index (χ0n) is 11.5. The fourth-order valence-electron chi connectivity index (χ4n) is 2.70. The van der Waals surface area contributed by atoms with Gasteiger partial charge in [-0.25, -0.2) is 0 Å². The molecule has 1 aliphatic heterocycles. The first-order valence-electron chi connectivity index (χ1n) is 6.95. The molecular weight excluding hydrogens is 248 g/mol. The summed E-state index contributed by atoms with van der Waals surface area (Å²) in [6.07, 6.45) is 0.996. The van der Waals surface area contributed by atoms with Gasteiger partial charge in [-0.1, -0.05) is 49.4 Å². The van der Waals surface area contributed by atoms with Crippen molar-refractivity contribution in [2.24, 2.45) is 5.73 Å². The number of aryl methyl sites for hydroxylation is 1. The van der Waals surface area contributed by atoms with Gasteiger partial charge in [-0.2, -0.15) is 0 Å². The van der Waals surface area contributed by atoms with Crippen LogP contribution in [0.1, 0.15) is 24.1 Å². The third-order valence-electron chi connectivity index (χ3n) is 3.90. The minimum Gasteiger partial charge on any atom is -0.318 e. The number of hydrogen-bond acceptors (Lipinski definition) is 2. The van der Waals surface area contributed by atoms with Crippen LogP contribution in [0.3, 0.4) is 0 Å². The molecule has 1 aliphatic rings. The lowest BCUT2D eigenvalue weighted by molar-refractivity contribution is -0.126. The lowest BCUT2D eigenvalue weighted by atomic mass is 9.88. The number of carbonyl (C=O) groups is 1. The van der Waals surface area contributed by atoms with Crippen LogP contribution >= 0.6 is 0 Å². The first kappa shape index (κ1) is 12.9. The highest BCUT2D eigenvalue weighted by molar-refractivity contribution is 6.05. The van der Waals surface area contributed by atoms with Crippen molar-refractivity contribution in [1.29, 1.82) is 0 Å². The molecule has 2 aromatic rings. The number of nitrogens with two attached hydrogens (primary N) is 1. The van der Waals surface area contributed by atoms with Crippen LogP contribution in [0, 0.1) is 0 Å². The van der Waals surface area contributed by atoms with E-state index < -0.39 is 6.04 Å². The van der Waals surface area contributed by atoms with Crippen molar-refractivity contribution >= 4 is 11.6 Å². The number of nitrogens with zero attached hydrogens (tertiary/aromatic N) is 1. The van der Waals surface area contributed by atoms with Crippen LogP contribution in [0.5, 0.6) is 0 Å².